The standard InChI is InChI=1S/C19H23N3O4S/c1-14-13-20-10-11-22(14)19(23)15-6-5-7-16(12-15)27(24,25)21-17-8-3-4-9-18(17)26-2/h3-9,12,14,20-21H,10-11,13H2,1-2H3. The number of piperazine rings is 1. The molecule has 2 aromatic carbocycles. The summed E-state index contributed by atoms with van der Waals surface area (Å²) in [5, 5.41) is 3.23. The lowest BCUT2D eigenvalue weighted by atomic mass is 10.1. The van der Waals surface area contributed by atoms with E-state index in [4.69, 9.17) is 4.74 Å². The molecule has 1 aliphatic rings. The minimum atomic E-state index is -3.86. The molecule has 1 atom stereocenters. The average molecular weight is 389 g/mol. The Balaban J connectivity index is 1.86. The molecule has 0 radical (unpaired) electrons. The maximum Gasteiger partial charge on any atom is 0.262 e. The Morgan fingerprint density at radius 1 is 1.22 bits per heavy atom. The van der Waals surface area contributed by atoms with Gasteiger partial charge in [-0.05, 0) is 37.3 Å². The van der Waals surface area contributed by atoms with Gasteiger partial charge in [0.1, 0.15) is 5.75 Å². The van der Waals surface area contributed by atoms with Crippen LogP contribution in [0.25, 0.3) is 0 Å². The number of rotatable bonds is 5. The molecule has 0 aromatic heterocycles. The molecule has 1 amide bonds. The number of benzene rings is 2. The van der Waals surface area contributed by atoms with E-state index in [0.29, 0.717) is 23.5 Å². The van der Waals surface area contributed by atoms with Gasteiger partial charge in [-0.15, -0.1) is 0 Å². The van der Waals surface area contributed by atoms with Crippen molar-refractivity contribution < 1.29 is 17.9 Å². The van der Waals surface area contributed by atoms with Crippen LogP contribution in [0.3, 0.4) is 0 Å². The first-order chi connectivity index (χ1) is 12.9. The van der Waals surface area contributed by atoms with Crippen LogP contribution in [0.5, 0.6) is 5.75 Å². The molecule has 1 saturated heterocycles. The number of carbonyl (C=O) groups excluding carboxylic acids is 1. The highest BCUT2D eigenvalue weighted by atomic mass is 32.2. The van der Waals surface area contributed by atoms with Gasteiger partial charge in [0.2, 0.25) is 0 Å². The smallest absolute Gasteiger partial charge is 0.262 e. The lowest BCUT2D eigenvalue weighted by Gasteiger charge is -2.34. The van der Waals surface area contributed by atoms with Crippen molar-refractivity contribution >= 4 is 21.6 Å². The highest BCUT2D eigenvalue weighted by molar-refractivity contribution is 7.92. The molecule has 3 rings (SSSR count). The third-order valence-electron chi connectivity index (χ3n) is 4.50. The van der Waals surface area contributed by atoms with E-state index in [-0.39, 0.29) is 16.8 Å². The molecule has 144 valence electrons. The third-order valence-corrected chi connectivity index (χ3v) is 5.87. The molecule has 2 aromatic rings. The molecule has 27 heavy (non-hydrogen) atoms. The van der Waals surface area contributed by atoms with Crippen LogP contribution in [0.2, 0.25) is 0 Å². The number of sulfonamides is 1. The topological polar surface area (TPSA) is 87.7 Å². The van der Waals surface area contributed by atoms with E-state index in [9.17, 15) is 13.2 Å². The lowest BCUT2D eigenvalue weighted by molar-refractivity contribution is 0.0655. The Bertz CT molecular complexity index is 930. The molecule has 7 nitrogen and oxygen atoms in total. The van der Waals surface area contributed by atoms with Gasteiger partial charge in [-0.3, -0.25) is 9.52 Å². The van der Waals surface area contributed by atoms with Gasteiger partial charge in [0.05, 0.1) is 17.7 Å². The van der Waals surface area contributed by atoms with Gasteiger partial charge < -0.3 is 15.0 Å². The maximum atomic E-state index is 12.8. The number of amides is 1. The second kappa shape index (κ2) is 7.98. The van der Waals surface area contributed by atoms with Gasteiger partial charge in [0, 0.05) is 31.2 Å². The first-order valence-electron chi connectivity index (χ1n) is 8.70. The normalized spacial score (nSPS) is 17.4. The monoisotopic (exact) mass is 389 g/mol. The number of para-hydroxylation sites is 2. The summed E-state index contributed by atoms with van der Waals surface area (Å²) in [6.45, 7) is 4.01. The van der Waals surface area contributed by atoms with Crippen molar-refractivity contribution in [2.24, 2.45) is 0 Å². The van der Waals surface area contributed by atoms with Gasteiger partial charge in [0.25, 0.3) is 15.9 Å². The summed E-state index contributed by atoms with van der Waals surface area (Å²) < 4.78 is 33.3. The quantitative estimate of drug-likeness (QED) is 0.816. The van der Waals surface area contributed by atoms with Crippen LogP contribution in [-0.4, -0.2) is 52.0 Å². The number of methoxy groups -OCH3 is 1. The number of nitrogens with one attached hydrogen (secondary N) is 2. The van der Waals surface area contributed by atoms with Crippen molar-refractivity contribution in [3.63, 3.8) is 0 Å². The second-order valence-electron chi connectivity index (χ2n) is 6.39. The Kier molecular flexibility index (Phi) is 5.67. The Morgan fingerprint density at radius 2 is 2.00 bits per heavy atom. The summed E-state index contributed by atoms with van der Waals surface area (Å²) in [7, 11) is -2.39. The number of ether oxygens (including phenoxy) is 1. The van der Waals surface area contributed by atoms with Crippen LogP contribution < -0.4 is 14.8 Å². The van der Waals surface area contributed by atoms with Crippen LogP contribution in [0.1, 0.15) is 17.3 Å². The maximum absolute atomic E-state index is 12.8. The van der Waals surface area contributed by atoms with E-state index in [0.717, 1.165) is 13.1 Å². The zero-order valence-corrected chi connectivity index (χ0v) is 16.1. The van der Waals surface area contributed by atoms with Gasteiger partial charge in [-0.1, -0.05) is 18.2 Å². The van der Waals surface area contributed by atoms with Crippen molar-refractivity contribution in [1.82, 2.24) is 10.2 Å². The Labute approximate surface area is 159 Å². The van der Waals surface area contributed by atoms with E-state index in [1.54, 1.807) is 41.3 Å². The fourth-order valence-corrected chi connectivity index (χ4v) is 4.15. The minimum absolute atomic E-state index is 0.0297. The number of hydrogen-bond acceptors (Lipinski definition) is 5. The first kappa shape index (κ1) is 19.2. The lowest BCUT2D eigenvalue weighted by Crippen LogP contribution is -2.52. The van der Waals surface area contributed by atoms with Crippen LogP contribution in [0.4, 0.5) is 5.69 Å². The minimum Gasteiger partial charge on any atom is -0.495 e. The highest BCUT2D eigenvalue weighted by Crippen LogP contribution is 2.26. The molecule has 1 heterocycles. The largest absolute Gasteiger partial charge is 0.495 e. The van der Waals surface area contributed by atoms with Crippen molar-refractivity contribution in [2.75, 3.05) is 31.5 Å². The summed E-state index contributed by atoms with van der Waals surface area (Å²) >= 11 is 0. The molecular formula is C19H23N3O4S. The molecule has 0 bridgehead atoms. The van der Waals surface area contributed by atoms with Gasteiger partial charge in [-0.2, -0.15) is 0 Å². The third kappa shape index (κ3) is 4.23. The first-order valence-corrected chi connectivity index (χ1v) is 10.2. The summed E-state index contributed by atoms with van der Waals surface area (Å²) in [6, 6.07) is 12.9. The van der Waals surface area contributed by atoms with E-state index in [1.807, 2.05) is 6.92 Å². The van der Waals surface area contributed by atoms with Crippen molar-refractivity contribution in [2.45, 2.75) is 17.9 Å². The molecular weight excluding hydrogens is 366 g/mol. The van der Waals surface area contributed by atoms with Crippen molar-refractivity contribution in [1.29, 1.82) is 0 Å². The number of hydrogen-bond donors (Lipinski definition) is 2. The molecule has 0 aliphatic carbocycles. The fraction of sp³-hybridized carbons (Fsp3) is 0.316. The molecule has 0 spiro atoms. The predicted molar refractivity (Wildman–Crippen MR) is 104 cm³/mol. The Hall–Kier alpha value is -2.58. The second-order valence-corrected chi connectivity index (χ2v) is 8.07. The summed E-state index contributed by atoms with van der Waals surface area (Å²) in [5.74, 6) is 0.251. The van der Waals surface area contributed by atoms with Crippen molar-refractivity contribution in [3.05, 3.63) is 54.1 Å². The van der Waals surface area contributed by atoms with E-state index in [1.165, 1.54) is 19.2 Å². The van der Waals surface area contributed by atoms with E-state index < -0.39 is 10.0 Å². The molecule has 2 N–H and O–H groups in total. The molecule has 1 unspecified atom stereocenters. The highest BCUT2D eigenvalue weighted by Gasteiger charge is 2.25. The number of anilines is 1. The van der Waals surface area contributed by atoms with Crippen LogP contribution in [0, 0.1) is 0 Å². The Morgan fingerprint density at radius 3 is 2.74 bits per heavy atom. The molecule has 1 fully saturated rings. The molecule has 0 saturated carbocycles. The van der Waals surface area contributed by atoms with Gasteiger partial charge >= 0.3 is 0 Å². The van der Waals surface area contributed by atoms with Crippen LogP contribution >= 0.6 is 0 Å². The molecule has 1 aliphatic heterocycles. The summed E-state index contributed by atoms with van der Waals surface area (Å²) in [6.07, 6.45) is 0. The summed E-state index contributed by atoms with van der Waals surface area (Å²) in [4.78, 5) is 14.6. The van der Waals surface area contributed by atoms with Crippen LogP contribution in [0.15, 0.2) is 53.4 Å². The van der Waals surface area contributed by atoms with E-state index >= 15 is 0 Å². The SMILES string of the molecule is COc1ccccc1NS(=O)(=O)c1cccc(C(=O)N2CCNCC2C)c1. The zero-order valence-electron chi connectivity index (χ0n) is 15.3. The van der Waals surface area contributed by atoms with Gasteiger partial charge in [0.15, 0.2) is 0 Å². The fourth-order valence-electron chi connectivity index (χ4n) is 3.04. The van der Waals surface area contributed by atoms with Crippen LogP contribution in [-0.2, 0) is 10.0 Å². The van der Waals surface area contributed by atoms with E-state index in [2.05, 4.69) is 10.0 Å². The number of carbonyl (C=O) groups is 1. The van der Waals surface area contributed by atoms with Crippen molar-refractivity contribution in [3.8, 4) is 5.75 Å². The average Bonchev–Trinajstić information content (AvgIpc) is 2.68. The predicted octanol–water partition coefficient (Wildman–Crippen LogP) is 1.93. The summed E-state index contributed by atoms with van der Waals surface area (Å²) in [5.41, 5.74) is 0.694. The number of nitrogens with zero attached hydrogens (tertiary/aromatic N) is 1. The zero-order chi connectivity index (χ0) is 19.4. The molecule has 8 heteroatoms. The van der Waals surface area contributed by atoms with Gasteiger partial charge in [-0.25, -0.2) is 8.42 Å².